The molecule has 156 valence electrons. The first kappa shape index (κ1) is 20.8. The van der Waals surface area contributed by atoms with Crippen molar-refractivity contribution in [2.75, 3.05) is 5.32 Å². The average Bonchev–Trinajstić information content (AvgIpc) is 3.08. The first-order chi connectivity index (χ1) is 14.8. The van der Waals surface area contributed by atoms with E-state index in [1.807, 2.05) is 31.2 Å². The molecule has 2 heterocycles. The number of pyridine rings is 1. The lowest BCUT2D eigenvalue weighted by atomic mass is 10.0. The molecule has 2 aromatic heterocycles. The molecule has 0 atom stereocenters. The minimum atomic E-state index is -0.250. The summed E-state index contributed by atoms with van der Waals surface area (Å²) in [6.45, 7) is 8.10. The molecule has 0 aliphatic carbocycles. The molecular weight excluding hydrogens is 408 g/mol. The number of nitrogens with zero attached hydrogens (tertiary/aromatic N) is 3. The van der Waals surface area contributed by atoms with Gasteiger partial charge in [-0.15, -0.1) is 0 Å². The Morgan fingerprint density at radius 3 is 2.48 bits per heavy atom. The molecular formula is C25H23ClN4O. The maximum Gasteiger partial charge on any atom is 0.249 e. The van der Waals surface area contributed by atoms with Gasteiger partial charge in [0.15, 0.2) is 5.82 Å². The fourth-order valence-electron chi connectivity index (χ4n) is 3.61. The lowest BCUT2D eigenvalue weighted by Gasteiger charge is -2.12. The molecule has 0 aliphatic heterocycles. The number of anilines is 1. The minimum absolute atomic E-state index is 0.250. The van der Waals surface area contributed by atoms with E-state index in [2.05, 4.69) is 43.3 Å². The number of aryl methyl sites for hydroxylation is 4. The Hall–Kier alpha value is -3.44. The van der Waals surface area contributed by atoms with Gasteiger partial charge < -0.3 is 5.32 Å². The third-order valence-electron chi connectivity index (χ3n) is 5.04. The molecule has 4 aromatic rings. The van der Waals surface area contributed by atoms with Crippen molar-refractivity contribution in [3.63, 3.8) is 0 Å². The summed E-state index contributed by atoms with van der Waals surface area (Å²) in [5, 5.41) is 9.25. The van der Waals surface area contributed by atoms with Crippen molar-refractivity contribution >= 4 is 40.3 Å². The molecule has 31 heavy (non-hydrogen) atoms. The summed E-state index contributed by atoms with van der Waals surface area (Å²) in [5.74, 6) is 0.988. The van der Waals surface area contributed by atoms with Crippen molar-refractivity contribution < 1.29 is 4.79 Å². The van der Waals surface area contributed by atoms with E-state index in [0.717, 1.165) is 33.3 Å². The van der Waals surface area contributed by atoms with E-state index in [4.69, 9.17) is 16.6 Å². The van der Waals surface area contributed by atoms with Crippen molar-refractivity contribution in [1.82, 2.24) is 14.8 Å². The highest BCUT2D eigenvalue weighted by Crippen LogP contribution is 2.26. The standard InChI is InChI=1S/C25H23ClN4O/c1-15-11-17(3)25-21(12-15)16(2)13-22(28-25)30-23(14-18(4)29-30)27-24(31)10-7-19-5-8-20(26)9-6-19/h5-14H,1-4H3,(H,27,31)/b10-7+. The van der Waals surface area contributed by atoms with E-state index in [-0.39, 0.29) is 5.91 Å². The zero-order chi connectivity index (χ0) is 22.1. The fraction of sp³-hybridized carbons (Fsp3) is 0.160. The monoisotopic (exact) mass is 430 g/mol. The highest BCUT2D eigenvalue weighted by molar-refractivity contribution is 6.30. The van der Waals surface area contributed by atoms with Crippen LogP contribution in [0, 0.1) is 27.7 Å². The molecule has 5 nitrogen and oxygen atoms in total. The van der Waals surface area contributed by atoms with Crippen LogP contribution in [0.25, 0.3) is 22.8 Å². The first-order valence-corrected chi connectivity index (χ1v) is 10.4. The number of carbonyl (C=O) groups is 1. The van der Waals surface area contributed by atoms with Gasteiger partial charge in [-0.2, -0.15) is 9.78 Å². The second-order valence-electron chi connectivity index (χ2n) is 7.73. The number of carbonyl (C=O) groups excluding carboxylic acids is 1. The van der Waals surface area contributed by atoms with E-state index in [1.54, 1.807) is 22.9 Å². The maximum absolute atomic E-state index is 12.5. The highest BCUT2D eigenvalue weighted by atomic mass is 35.5. The van der Waals surface area contributed by atoms with E-state index in [0.29, 0.717) is 16.7 Å². The Bertz CT molecular complexity index is 1320. The molecule has 0 spiro atoms. The van der Waals surface area contributed by atoms with Crippen LogP contribution in [0.15, 0.2) is 54.6 Å². The summed E-state index contributed by atoms with van der Waals surface area (Å²) in [4.78, 5) is 17.4. The number of benzene rings is 2. The quantitative estimate of drug-likeness (QED) is 0.406. The highest BCUT2D eigenvalue weighted by Gasteiger charge is 2.13. The smallest absolute Gasteiger partial charge is 0.249 e. The molecule has 0 unspecified atom stereocenters. The molecule has 1 amide bonds. The third-order valence-corrected chi connectivity index (χ3v) is 5.29. The van der Waals surface area contributed by atoms with Crippen molar-refractivity contribution in [1.29, 1.82) is 0 Å². The SMILES string of the molecule is Cc1cc(C)c2nc(-n3nc(C)cc3NC(=O)/C=C/c3ccc(Cl)cc3)cc(C)c2c1. The maximum atomic E-state index is 12.5. The topological polar surface area (TPSA) is 59.8 Å². The number of fused-ring (bicyclic) bond motifs is 1. The van der Waals surface area contributed by atoms with Crippen LogP contribution in [0.5, 0.6) is 0 Å². The normalized spacial score (nSPS) is 11.4. The summed E-state index contributed by atoms with van der Waals surface area (Å²) in [5.41, 5.74) is 6.05. The van der Waals surface area contributed by atoms with Crippen LogP contribution in [-0.4, -0.2) is 20.7 Å². The molecule has 0 bridgehead atoms. The van der Waals surface area contributed by atoms with Gasteiger partial charge in [0.25, 0.3) is 0 Å². The van der Waals surface area contributed by atoms with E-state index >= 15 is 0 Å². The van der Waals surface area contributed by atoms with Gasteiger partial charge >= 0.3 is 0 Å². The zero-order valence-corrected chi connectivity index (χ0v) is 18.7. The van der Waals surface area contributed by atoms with Gasteiger partial charge in [0.1, 0.15) is 5.82 Å². The molecule has 0 aliphatic rings. The fourth-order valence-corrected chi connectivity index (χ4v) is 3.74. The second-order valence-corrected chi connectivity index (χ2v) is 8.17. The molecule has 0 fully saturated rings. The number of hydrogen-bond acceptors (Lipinski definition) is 3. The van der Waals surface area contributed by atoms with Gasteiger partial charge in [-0.3, -0.25) is 4.79 Å². The predicted molar refractivity (Wildman–Crippen MR) is 127 cm³/mol. The van der Waals surface area contributed by atoms with E-state index in [1.165, 1.54) is 11.6 Å². The van der Waals surface area contributed by atoms with Crippen LogP contribution >= 0.6 is 11.6 Å². The number of halogens is 1. The Kier molecular flexibility index (Phi) is 5.61. The lowest BCUT2D eigenvalue weighted by molar-refractivity contribution is -0.111. The van der Waals surface area contributed by atoms with Crippen molar-refractivity contribution in [3.05, 3.63) is 87.6 Å². The van der Waals surface area contributed by atoms with Gasteiger partial charge in [0.2, 0.25) is 5.91 Å². The summed E-state index contributed by atoms with van der Waals surface area (Å²) in [7, 11) is 0. The van der Waals surface area contributed by atoms with Crippen LogP contribution in [0.2, 0.25) is 5.02 Å². The predicted octanol–water partition coefficient (Wildman–Crippen LogP) is 5.96. The molecule has 2 aromatic carbocycles. The first-order valence-electron chi connectivity index (χ1n) is 10.0. The molecule has 1 N–H and O–H groups in total. The van der Waals surface area contributed by atoms with E-state index < -0.39 is 0 Å². The number of hydrogen-bond donors (Lipinski definition) is 1. The minimum Gasteiger partial charge on any atom is -0.307 e. The van der Waals surface area contributed by atoms with Crippen LogP contribution in [0.3, 0.4) is 0 Å². The summed E-state index contributed by atoms with van der Waals surface area (Å²) >= 11 is 5.91. The summed E-state index contributed by atoms with van der Waals surface area (Å²) in [6, 6.07) is 15.4. The Morgan fingerprint density at radius 2 is 1.74 bits per heavy atom. The number of nitrogens with one attached hydrogen (secondary N) is 1. The van der Waals surface area contributed by atoms with E-state index in [9.17, 15) is 4.79 Å². The van der Waals surface area contributed by atoms with Crippen molar-refractivity contribution in [3.8, 4) is 5.82 Å². The van der Waals surface area contributed by atoms with Gasteiger partial charge in [0, 0.05) is 22.6 Å². The Balaban J connectivity index is 1.66. The Morgan fingerprint density at radius 1 is 1.00 bits per heavy atom. The second kappa shape index (κ2) is 8.36. The van der Waals surface area contributed by atoms with Crippen LogP contribution < -0.4 is 5.32 Å². The molecule has 4 rings (SSSR count). The van der Waals surface area contributed by atoms with Crippen LogP contribution in [-0.2, 0) is 4.79 Å². The van der Waals surface area contributed by atoms with Gasteiger partial charge in [0.05, 0.1) is 11.2 Å². The largest absolute Gasteiger partial charge is 0.307 e. The van der Waals surface area contributed by atoms with Gasteiger partial charge in [-0.05, 0) is 74.7 Å². The zero-order valence-electron chi connectivity index (χ0n) is 17.9. The summed E-state index contributed by atoms with van der Waals surface area (Å²) < 4.78 is 1.68. The number of amides is 1. The van der Waals surface area contributed by atoms with Crippen LogP contribution in [0.4, 0.5) is 5.82 Å². The molecule has 6 heteroatoms. The van der Waals surface area contributed by atoms with Crippen LogP contribution in [0.1, 0.15) is 27.9 Å². The average molecular weight is 431 g/mol. The van der Waals surface area contributed by atoms with Gasteiger partial charge in [-0.1, -0.05) is 35.4 Å². The molecule has 0 saturated heterocycles. The number of aromatic nitrogens is 3. The lowest BCUT2D eigenvalue weighted by Crippen LogP contribution is -2.13. The van der Waals surface area contributed by atoms with Crippen molar-refractivity contribution in [2.24, 2.45) is 0 Å². The Labute approximate surface area is 186 Å². The van der Waals surface area contributed by atoms with Crippen molar-refractivity contribution in [2.45, 2.75) is 27.7 Å². The number of rotatable bonds is 4. The molecule has 0 saturated carbocycles. The molecule has 0 radical (unpaired) electrons. The third kappa shape index (κ3) is 4.52. The summed E-state index contributed by atoms with van der Waals surface area (Å²) in [6.07, 6.45) is 3.23. The van der Waals surface area contributed by atoms with Gasteiger partial charge in [-0.25, -0.2) is 4.98 Å².